The van der Waals surface area contributed by atoms with Crippen LogP contribution in [0.1, 0.15) is 6.42 Å². The molecular formula is C5H7NO2S. The Morgan fingerprint density at radius 2 is 2.56 bits per heavy atom. The maximum Gasteiger partial charge on any atom is 0.322 e. The third-order valence-electron chi connectivity index (χ3n) is 1.20. The summed E-state index contributed by atoms with van der Waals surface area (Å²) in [4.78, 5) is 10.3. The van der Waals surface area contributed by atoms with Crippen molar-refractivity contribution in [2.45, 2.75) is 11.7 Å². The van der Waals surface area contributed by atoms with Crippen molar-refractivity contribution in [3.63, 3.8) is 0 Å². The van der Waals surface area contributed by atoms with Crippen LogP contribution in [0.15, 0.2) is 0 Å². The molecule has 1 unspecified atom stereocenters. The lowest BCUT2D eigenvalue weighted by Gasteiger charge is -1.98. The maximum absolute atomic E-state index is 10.3. The molecule has 50 valence electrons. The van der Waals surface area contributed by atoms with E-state index in [1.165, 1.54) is 11.8 Å². The van der Waals surface area contributed by atoms with Crippen LogP contribution in [0.25, 0.3) is 0 Å². The third-order valence-corrected chi connectivity index (χ3v) is 2.46. The van der Waals surface area contributed by atoms with Crippen molar-refractivity contribution in [1.82, 2.24) is 0 Å². The van der Waals surface area contributed by atoms with Gasteiger partial charge in [-0.1, -0.05) is 0 Å². The van der Waals surface area contributed by atoms with Gasteiger partial charge < -0.3 is 10.5 Å². The van der Waals surface area contributed by atoms with Crippen LogP contribution in [-0.2, 0) is 4.79 Å². The van der Waals surface area contributed by atoms with Gasteiger partial charge in [0.05, 0.1) is 0 Å². The number of carboxylic acid groups (broad SMARTS) is 1. The number of carbonyl (C=O) groups is 1. The van der Waals surface area contributed by atoms with E-state index in [4.69, 9.17) is 10.5 Å². The van der Waals surface area contributed by atoms with Gasteiger partial charge in [-0.25, -0.2) is 0 Å². The molecule has 0 aliphatic carbocycles. The molecule has 2 N–H and O–H groups in total. The highest BCUT2D eigenvalue weighted by Crippen LogP contribution is 2.22. The first-order valence-electron chi connectivity index (χ1n) is 2.63. The number of thioether (sulfide) groups is 1. The lowest BCUT2D eigenvalue weighted by atomic mass is 10.2. The molecule has 1 atom stereocenters. The van der Waals surface area contributed by atoms with Crippen molar-refractivity contribution in [3.05, 3.63) is 0 Å². The molecule has 3 nitrogen and oxygen atoms in total. The molecule has 0 aromatic carbocycles. The standard InChI is InChI=1S/C5H7NO2S/c6-3-1-2-9-4(3)5(7)8/h4,6H,1-2H2,(H,7,8). The van der Waals surface area contributed by atoms with Crippen LogP contribution in [0.3, 0.4) is 0 Å². The molecule has 0 amide bonds. The molecule has 0 aromatic rings. The quantitative estimate of drug-likeness (QED) is 0.568. The van der Waals surface area contributed by atoms with Crippen LogP contribution >= 0.6 is 11.8 Å². The molecule has 4 heteroatoms. The van der Waals surface area contributed by atoms with E-state index in [0.717, 1.165) is 5.75 Å². The van der Waals surface area contributed by atoms with Gasteiger partial charge in [-0.3, -0.25) is 4.79 Å². The summed E-state index contributed by atoms with van der Waals surface area (Å²) >= 11 is 1.33. The smallest absolute Gasteiger partial charge is 0.322 e. The van der Waals surface area contributed by atoms with E-state index in [0.29, 0.717) is 12.1 Å². The summed E-state index contributed by atoms with van der Waals surface area (Å²) in [5, 5.41) is 15.0. The van der Waals surface area contributed by atoms with Crippen molar-refractivity contribution in [1.29, 1.82) is 5.41 Å². The Labute approximate surface area is 57.0 Å². The summed E-state index contributed by atoms with van der Waals surface area (Å²) in [5.74, 6) is -0.0852. The number of nitrogens with one attached hydrogen (secondary N) is 1. The normalized spacial score (nSPS) is 26.7. The fourth-order valence-electron chi connectivity index (χ4n) is 0.739. The van der Waals surface area contributed by atoms with Crippen molar-refractivity contribution >= 4 is 23.4 Å². The van der Waals surface area contributed by atoms with Gasteiger partial charge in [0.1, 0.15) is 5.25 Å². The molecule has 9 heavy (non-hydrogen) atoms. The van der Waals surface area contributed by atoms with Crippen LogP contribution in [0.2, 0.25) is 0 Å². The third kappa shape index (κ3) is 1.24. The van der Waals surface area contributed by atoms with Gasteiger partial charge in [0.15, 0.2) is 0 Å². The van der Waals surface area contributed by atoms with Crippen LogP contribution in [0.4, 0.5) is 0 Å². The summed E-state index contributed by atoms with van der Waals surface area (Å²) in [7, 11) is 0. The van der Waals surface area contributed by atoms with Crippen molar-refractivity contribution in [2.75, 3.05) is 5.75 Å². The second-order valence-electron chi connectivity index (χ2n) is 1.86. The first-order valence-corrected chi connectivity index (χ1v) is 3.68. The minimum atomic E-state index is -0.873. The highest BCUT2D eigenvalue weighted by molar-refractivity contribution is 8.01. The van der Waals surface area contributed by atoms with Crippen LogP contribution < -0.4 is 0 Å². The number of rotatable bonds is 1. The fraction of sp³-hybridized carbons (Fsp3) is 0.600. The molecular weight excluding hydrogens is 138 g/mol. The van der Waals surface area contributed by atoms with Crippen LogP contribution in [-0.4, -0.2) is 27.8 Å². The largest absolute Gasteiger partial charge is 0.480 e. The second kappa shape index (κ2) is 2.39. The number of hydrogen-bond donors (Lipinski definition) is 2. The average Bonchev–Trinajstić information content (AvgIpc) is 2.13. The molecule has 1 fully saturated rings. The summed E-state index contributed by atoms with van der Waals surface area (Å²) in [5.41, 5.74) is 0.354. The van der Waals surface area contributed by atoms with E-state index >= 15 is 0 Å². The summed E-state index contributed by atoms with van der Waals surface area (Å²) in [6.45, 7) is 0. The SMILES string of the molecule is N=C1CCSC1C(=O)O. The summed E-state index contributed by atoms with van der Waals surface area (Å²) < 4.78 is 0. The van der Waals surface area contributed by atoms with Crippen molar-refractivity contribution in [2.24, 2.45) is 0 Å². The Bertz CT molecular complexity index is 157. The molecule has 0 spiro atoms. The zero-order chi connectivity index (χ0) is 6.85. The Morgan fingerprint density at radius 3 is 2.78 bits per heavy atom. The van der Waals surface area contributed by atoms with E-state index in [1.807, 2.05) is 0 Å². The minimum Gasteiger partial charge on any atom is -0.480 e. The van der Waals surface area contributed by atoms with Gasteiger partial charge in [-0.05, 0) is 12.2 Å². The molecule has 1 aliphatic heterocycles. The zero-order valence-electron chi connectivity index (χ0n) is 4.76. The molecule has 1 aliphatic rings. The Kier molecular flexibility index (Phi) is 1.75. The van der Waals surface area contributed by atoms with E-state index in [1.54, 1.807) is 0 Å². The van der Waals surface area contributed by atoms with E-state index in [9.17, 15) is 4.79 Å². The van der Waals surface area contributed by atoms with Gasteiger partial charge >= 0.3 is 5.97 Å². The van der Waals surface area contributed by atoms with Crippen molar-refractivity contribution < 1.29 is 9.90 Å². The van der Waals surface area contributed by atoms with Crippen LogP contribution in [0, 0.1) is 5.41 Å². The molecule has 1 heterocycles. The predicted molar refractivity (Wildman–Crippen MR) is 36.2 cm³/mol. The Hall–Kier alpha value is -0.510. The Morgan fingerprint density at radius 1 is 1.89 bits per heavy atom. The maximum atomic E-state index is 10.3. The predicted octanol–water partition coefficient (Wildman–Crippen LogP) is 0.596. The highest BCUT2D eigenvalue weighted by atomic mass is 32.2. The average molecular weight is 145 g/mol. The fourth-order valence-corrected chi connectivity index (χ4v) is 1.77. The Balaban J connectivity index is 2.60. The second-order valence-corrected chi connectivity index (χ2v) is 3.08. The molecule has 0 bridgehead atoms. The zero-order valence-corrected chi connectivity index (χ0v) is 5.57. The molecule has 0 aromatic heterocycles. The summed E-state index contributed by atoms with van der Waals surface area (Å²) in [6.07, 6.45) is 0.641. The minimum absolute atomic E-state index is 0.354. The van der Waals surface area contributed by atoms with Gasteiger partial charge in [0.25, 0.3) is 0 Å². The molecule has 0 saturated carbocycles. The van der Waals surface area contributed by atoms with Crippen molar-refractivity contribution in [3.8, 4) is 0 Å². The lowest BCUT2D eigenvalue weighted by molar-refractivity contribution is -0.135. The molecule has 0 radical (unpaired) electrons. The van der Waals surface area contributed by atoms with Gasteiger partial charge in [0.2, 0.25) is 0 Å². The van der Waals surface area contributed by atoms with E-state index < -0.39 is 11.2 Å². The highest BCUT2D eigenvalue weighted by Gasteiger charge is 2.27. The molecule has 1 rings (SSSR count). The monoisotopic (exact) mass is 145 g/mol. The number of hydrogen-bond acceptors (Lipinski definition) is 3. The van der Waals surface area contributed by atoms with E-state index in [2.05, 4.69) is 0 Å². The lowest BCUT2D eigenvalue weighted by Crippen LogP contribution is -2.20. The first-order chi connectivity index (χ1) is 4.22. The van der Waals surface area contributed by atoms with Gasteiger partial charge in [0, 0.05) is 5.71 Å². The summed E-state index contributed by atoms with van der Waals surface area (Å²) in [6, 6.07) is 0. The van der Waals surface area contributed by atoms with Gasteiger partial charge in [-0.15, -0.1) is 11.8 Å². The number of aliphatic carboxylic acids is 1. The molecule has 1 saturated heterocycles. The topological polar surface area (TPSA) is 61.2 Å². The first kappa shape index (κ1) is 6.61. The number of carboxylic acids is 1. The van der Waals surface area contributed by atoms with E-state index in [-0.39, 0.29) is 0 Å². The van der Waals surface area contributed by atoms with Crippen LogP contribution in [0.5, 0.6) is 0 Å². The van der Waals surface area contributed by atoms with Gasteiger partial charge in [-0.2, -0.15) is 0 Å².